The molecule has 1 aromatic heterocycles. The molecule has 0 fully saturated rings. The minimum atomic E-state index is -0.349. The molecule has 15 heavy (non-hydrogen) atoms. The molecule has 0 N–H and O–H groups in total. The second kappa shape index (κ2) is 5.44. The van der Waals surface area contributed by atoms with E-state index >= 15 is 0 Å². The number of nitrogens with zero attached hydrogens (tertiary/aromatic N) is 2. The van der Waals surface area contributed by atoms with Crippen LogP contribution in [0, 0.1) is 6.92 Å². The minimum Gasteiger partial charge on any atom is -0.462 e. The van der Waals surface area contributed by atoms with Gasteiger partial charge in [-0.25, -0.2) is 14.8 Å². The Bertz CT molecular complexity index is 350. The van der Waals surface area contributed by atoms with Crippen LogP contribution in [0.3, 0.4) is 0 Å². The maximum Gasteiger partial charge on any atom is 0.341 e. The first kappa shape index (κ1) is 11.6. The molecular formula is C11H16N2O2. The van der Waals surface area contributed by atoms with E-state index in [0.29, 0.717) is 17.9 Å². The summed E-state index contributed by atoms with van der Waals surface area (Å²) in [5.41, 5.74) is 1.14. The van der Waals surface area contributed by atoms with Gasteiger partial charge in [0.15, 0.2) is 0 Å². The highest BCUT2D eigenvalue weighted by Gasteiger charge is 2.11. The molecule has 0 spiro atoms. The fourth-order valence-corrected chi connectivity index (χ4v) is 1.27. The summed E-state index contributed by atoms with van der Waals surface area (Å²) >= 11 is 0. The molecular weight excluding hydrogens is 192 g/mol. The Balaban J connectivity index is 2.87. The summed E-state index contributed by atoms with van der Waals surface area (Å²) in [6, 6.07) is 0. The van der Waals surface area contributed by atoms with E-state index in [9.17, 15) is 4.79 Å². The number of aromatic nitrogens is 2. The molecule has 0 aromatic carbocycles. The summed E-state index contributed by atoms with van der Waals surface area (Å²) in [7, 11) is 0. The first-order valence-corrected chi connectivity index (χ1v) is 5.18. The van der Waals surface area contributed by atoms with E-state index < -0.39 is 0 Å². The van der Waals surface area contributed by atoms with Crippen molar-refractivity contribution >= 4 is 5.97 Å². The van der Waals surface area contributed by atoms with Crippen LogP contribution < -0.4 is 0 Å². The fraction of sp³-hybridized carbons (Fsp3) is 0.545. The fourth-order valence-electron chi connectivity index (χ4n) is 1.27. The number of hydrogen-bond acceptors (Lipinski definition) is 4. The lowest BCUT2D eigenvalue weighted by molar-refractivity contribution is 0.0524. The van der Waals surface area contributed by atoms with Crippen LogP contribution in [0.2, 0.25) is 0 Å². The Hall–Kier alpha value is -1.45. The number of ether oxygens (including phenoxy) is 1. The topological polar surface area (TPSA) is 52.1 Å². The van der Waals surface area contributed by atoms with E-state index in [-0.39, 0.29) is 5.97 Å². The number of hydrogen-bond donors (Lipinski definition) is 0. The highest BCUT2D eigenvalue weighted by Crippen LogP contribution is 2.07. The van der Waals surface area contributed by atoms with Gasteiger partial charge in [0.05, 0.1) is 17.9 Å². The zero-order valence-corrected chi connectivity index (χ0v) is 9.41. The lowest BCUT2D eigenvalue weighted by Crippen LogP contribution is -2.10. The van der Waals surface area contributed by atoms with Gasteiger partial charge in [0.2, 0.25) is 0 Å². The zero-order valence-electron chi connectivity index (χ0n) is 9.41. The summed E-state index contributed by atoms with van der Waals surface area (Å²) in [5.74, 6) is 0.432. The highest BCUT2D eigenvalue weighted by atomic mass is 16.5. The number of carbonyl (C=O) groups excluding carboxylic acids is 1. The van der Waals surface area contributed by atoms with Gasteiger partial charge in [0.1, 0.15) is 5.82 Å². The van der Waals surface area contributed by atoms with Crippen LogP contribution in [0.5, 0.6) is 0 Å². The third-order valence-corrected chi connectivity index (χ3v) is 2.00. The zero-order chi connectivity index (χ0) is 11.3. The molecule has 0 aliphatic rings. The van der Waals surface area contributed by atoms with Crippen molar-refractivity contribution in [3.05, 3.63) is 23.3 Å². The van der Waals surface area contributed by atoms with Crippen LogP contribution in [0.25, 0.3) is 0 Å². The molecule has 0 radical (unpaired) electrons. The van der Waals surface area contributed by atoms with Crippen molar-refractivity contribution < 1.29 is 9.53 Å². The van der Waals surface area contributed by atoms with Crippen LogP contribution in [-0.2, 0) is 11.2 Å². The Morgan fingerprint density at radius 1 is 1.47 bits per heavy atom. The van der Waals surface area contributed by atoms with Gasteiger partial charge in [-0.1, -0.05) is 6.92 Å². The molecule has 0 unspecified atom stereocenters. The molecule has 0 saturated heterocycles. The Morgan fingerprint density at radius 2 is 2.20 bits per heavy atom. The maximum atomic E-state index is 11.4. The van der Waals surface area contributed by atoms with E-state index in [1.165, 1.54) is 0 Å². The van der Waals surface area contributed by atoms with Crippen LogP contribution in [0.15, 0.2) is 6.20 Å². The van der Waals surface area contributed by atoms with Crippen molar-refractivity contribution in [2.75, 3.05) is 6.61 Å². The Labute approximate surface area is 89.7 Å². The van der Waals surface area contributed by atoms with Crippen molar-refractivity contribution in [3.63, 3.8) is 0 Å². The molecule has 0 amide bonds. The molecule has 4 heteroatoms. The normalized spacial score (nSPS) is 10.1. The summed E-state index contributed by atoms with van der Waals surface area (Å²) in [6.45, 7) is 6.01. The van der Waals surface area contributed by atoms with Gasteiger partial charge in [-0.15, -0.1) is 0 Å². The van der Waals surface area contributed by atoms with Crippen molar-refractivity contribution in [2.45, 2.75) is 33.6 Å². The molecule has 1 aromatic rings. The second-order valence-corrected chi connectivity index (χ2v) is 3.26. The molecule has 0 atom stereocenters. The minimum absolute atomic E-state index is 0.349. The van der Waals surface area contributed by atoms with Crippen LogP contribution in [0.4, 0.5) is 0 Å². The van der Waals surface area contributed by atoms with Crippen LogP contribution in [-0.4, -0.2) is 22.5 Å². The third kappa shape index (κ3) is 3.01. The summed E-state index contributed by atoms with van der Waals surface area (Å²) in [4.78, 5) is 19.8. The van der Waals surface area contributed by atoms with Gasteiger partial charge in [-0.3, -0.25) is 0 Å². The van der Waals surface area contributed by atoms with Gasteiger partial charge in [-0.2, -0.15) is 0 Å². The molecule has 4 nitrogen and oxygen atoms in total. The van der Waals surface area contributed by atoms with E-state index in [4.69, 9.17) is 4.74 Å². The van der Waals surface area contributed by atoms with E-state index in [0.717, 1.165) is 18.7 Å². The lowest BCUT2D eigenvalue weighted by Gasteiger charge is -2.05. The van der Waals surface area contributed by atoms with Gasteiger partial charge in [-0.05, 0) is 20.3 Å². The molecule has 0 aliphatic carbocycles. The van der Waals surface area contributed by atoms with Crippen LogP contribution >= 0.6 is 0 Å². The predicted molar refractivity (Wildman–Crippen MR) is 56.7 cm³/mol. The first-order chi connectivity index (χ1) is 7.19. The highest BCUT2D eigenvalue weighted by molar-refractivity contribution is 5.90. The SMILES string of the molecule is CCCc1ncc(C(=O)OCC)c(C)n1. The first-order valence-electron chi connectivity index (χ1n) is 5.18. The second-order valence-electron chi connectivity index (χ2n) is 3.26. The standard InChI is InChI=1S/C11H16N2O2/c1-4-6-10-12-7-9(8(3)13-10)11(14)15-5-2/h7H,4-6H2,1-3H3. The molecule has 0 saturated carbocycles. The molecule has 0 aliphatic heterocycles. The smallest absolute Gasteiger partial charge is 0.341 e. The van der Waals surface area contributed by atoms with E-state index in [2.05, 4.69) is 16.9 Å². The van der Waals surface area contributed by atoms with Crippen molar-refractivity contribution in [2.24, 2.45) is 0 Å². The third-order valence-electron chi connectivity index (χ3n) is 2.00. The molecule has 82 valence electrons. The summed E-state index contributed by atoms with van der Waals surface area (Å²) < 4.78 is 4.89. The Kier molecular flexibility index (Phi) is 4.21. The number of aryl methyl sites for hydroxylation is 2. The number of rotatable bonds is 4. The lowest BCUT2D eigenvalue weighted by atomic mass is 10.2. The largest absolute Gasteiger partial charge is 0.462 e. The van der Waals surface area contributed by atoms with Gasteiger partial charge in [0.25, 0.3) is 0 Å². The monoisotopic (exact) mass is 208 g/mol. The van der Waals surface area contributed by atoms with Gasteiger partial charge in [0, 0.05) is 12.6 Å². The average molecular weight is 208 g/mol. The molecule has 1 rings (SSSR count). The Morgan fingerprint density at radius 3 is 2.73 bits per heavy atom. The van der Waals surface area contributed by atoms with Crippen molar-refractivity contribution in [1.82, 2.24) is 9.97 Å². The number of esters is 1. The average Bonchev–Trinajstić information content (AvgIpc) is 2.18. The number of carbonyl (C=O) groups is 1. The predicted octanol–water partition coefficient (Wildman–Crippen LogP) is 1.91. The van der Waals surface area contributed by atoms with Gasteiger partial charge < -0.3 is 4.74 Å². The van der Waals surface area contributed by atoms with E-state index in [1.54, 1.807) is 20.0 Å². The maximum absolute atomic E-state index is 11.4. The van der Waals surface area contributed by atoms with Crippen LogP contribution in [0.1, 0.15) is 42.1 Å². The summed E-state index contributed by atoms with van der Waals surface area (Å²) in [5, 5.41) is 0. The van der Waals surface area contributed by atoms with Crippen molar-refractivity contribution in [3.8, 4) is 0 Å². The molecule has 1 heterocycles. The van der Waals surface area contributed by atoms with Gasteiger partial charge >= 0.3 is 5.97 Å². The summed E-state index contributed by atoms with van der Waals surface area (Å²) in [6.07, 6.45) is 3.38. The van der Waals surface area contributed by atoms with Crippen molar-refractivity contribution in [1.29, 1.82) is 0 Å². The quantitative estimate of drug-likeness (QED) is 0.709. The van der Waals surface area contributed by atoms with E-state index in [1.807, 2.05) is 0 Å². The molecule has 0 bridgehead atoms.